The fourth-order valence-electron chi connectivity index (χ4n) is 2.50. The minimum atomic E-state index is -1.04. The molecule has 0 aliphatic heterocycles. The Labute approximate surface area is 154 Å². The average Bonchev–Trinajstić information content (AvgIpc) is 2.68. The van der Waals surface area contributed by atoms with Crippen LogP contribution in [0.25, 0.3) is 11.4 Å². The van der Waals surface area contributed by atoms with Gasteiger partial charge in [0.2, 0.25) is 5.95 Å². The number of carboxylic acid groups (broad SMARTS) is 1. The second-order valence-corrected chi connectivity index (χ2v) is 5.76. The van der Waals surface area contributed by atoms with Gasteiger partial charge >= 0.3 is 5.97 Å². The van der Waals surface area contributed by atoms with Crippen molar-refractivity contribution in [3.05, 3.63) is 65.7 Å². The van der Waals surface area contributed by atoms with E-state index >= 15 is 0 Å². The number of anilines is 1. The van der Waals surface area contributed by atoms with Crippen molar-refractivity contribution in [2.75, 3.05) is 12.4 Å². The van der Waals surface area contributed by atoms with Gasteiger partial charge in [0.05, 0.1) is 30.1 Å². The van der Waals surface area contributed by atoms with Crippen molar-refractivity contribution < 1.29 is 19.0 Å². The van der Waals surface area contributed by atoms with Gasteiger partial charge in [-0.2, -0.15) is 0 Å². The summed E-state index contributed by atoms with van der Waals surface area (Å²) in [7, 11) is 1.41. The molecule has 3 rings (SSSR count). The van der Waals surface area contributed by atoms with E-state index in [1.54, 1.807) is 24.4 Å². The molecule has 0 aliphatic carbocycles. The van der Waals surface area contributed by atoms with Crippen LogP contribution in [-0.4, -0.2) is 33.1 Å². The summed E-state index contributed by atoms with van der Waals surface area (Å²) in [5.74, 6) is -0.999. The van der Waals surface area contributed by atoms with Crippen molar-refractivity contribution in [3.63, 3.8) is 0 Å². The van der Waals surface area contributed by atoms with Crippen LogP contribution in [0.1, 0.15) is 28.9 Å². The molecule has 0 aliphatic rings. The first-order chi connectivity index (χ1) is 13.0. The topological polar surface area (TPSA) is 97.2 Å². The number of ether oxygens (including phenoxy) is 1. The third-order valence-electron chi connectivity index (χ3n) is 3.95. The lowest BCUT2D eigenvalue weighted by Crippen LogP contribution is -2.10. The first-order valence-corrected chi connectivity index (χ1v) is 8.10. The molecule has 2 heterocycles. The number of nitrogens with zero attached hydrogens (tertiary/aromatic N) is 3. The summed E-state index contributed by atoms with van der Waals surface area (Å²) in [6.07, 6.45) is 2.96. The molecule has 8 heteroatoms. The van der Waals surface area contributed by atoms with Gasteiger partial charge in [0.15, 0.2) is 11.6 Å². The predicted octanol–water partition coefficient (Wildman–Crippen LogP) is 3.56. The van der Waals surface area contributed by atoms with Crippen molar-refractivity contribution in [3.8, 4) is 17.1 Å². The molecule has 2 aromatic heterocycles. The summed E-state index contributed by atoms with van der Waals surface area (Å²) in [6, 6.07) is 8.92. The van der Waals surface area contributed by atoms with E-state index in [0.717, 1.165) is 0 Å². The zero-order valence-corrected chi connectivity index (χ0v) is 14.7. The first-order valence-electron chi connectivity index (χ1n) is 8.10. The Kier molecular flexibility index (Phi) is 5.25. The molecule has 0 amide bonds. The quantitative estimate of drug-likeness (QED) is 0.686. The number of benzene rings is 1. The van der Waals surface area contributed by atoms with Crippen molar-refractivity contribution in [2.24, 2.45) is 0 Å². The molecule has 138 valence electrons. The third kappa shape index (κ3) is 4.17. The normalized spacial score (nSPS) is 11.7. The van der Waals surface area contributed by atoms with Crippen LogP contribution in [0.15, 0.2) is 48.8 Å². The van der Waals surface area contributed by atoms with E-state index in [0.29, 0.717) is 22.9 Å². The van der Waals surface area contributed by atoms with Crippen LogP contribution in [0.3, 0.4) is 0 Å². The van der Waals surface area contributed by atoms with Crippen molar-refractivity contribution in [1.82, 2.24) is 15.0 Å². The van der Waals surface area contributed by atoms with E-state index in [4.69, 9.17) is 9.84 Å². The number of aromatic nitrogens is 3. The van der Waals surface area contributed by atoms with Gasteiger partial charge in [-0.3, -0.25) is 4.98 Å². The highest BCUT2D eigenvalue weighted by molar-refractivity contribution is 5.88. The summed E-state index contributed by atoms with van der Waals surface area (Å²) in [5, 5.41) is 12.2. The van der Waals surface area contributed by atoms with Gasteiger partial charge < -0.3 is 15.2 Å². The fraction of sp³-hybridized carbons (Fsp3) is 0.158. The maximum absolute atomic E-state index is 13.9. The lowest BCUT2D eigenvalue weighted by Gasteiger charge is -2.15. The lowest BCUT2D eigenvalue weighted by atomic mass is 10.1. The molecule has 0 bridgehead atoms. The van der Waals surface area contributed by atoms with E-state index in [9.17, 15) is 9.18 Å². The Bertz CT molecular complexity index is 981. The van der Waals surface area contributed by atoms with Gasteiger partial charge in [0.25, 0.3) is 0 Å². The molecule has 1 unspecified atom stereocenters. The van der Waals surface area contributed by atoms with Crippen LogP contribution >= 0.6 is 0 Å². The average molecular weight is 368 g/mol. The number of hydrogen-bond acceptors (Lipinski definition) is 6. The van der Waals surface area contributed by atoms with Gasteiger partial charge in [-0.15, -0.1) is 0 Å². The monoisotopic (exact) mass is 368 g/mol. The SMILES string of the molecule is COc1ccc(C(C)Nc2nccc(-c3cc(C(=O)O)ccn3)n2)cc1F. The van der Waals surface area contributed by atoms with Crippen LogP contribution < -0.4 is 10.1 Å². The molecule has 27 heavy (non-hydrogen) atoms. The van der Waals surface area contributed by atoms with E-state index in [2.05, 4.69) is 20.3 Å². The predicted molar refractivity (Wildman–Crippen MR) is 97.2 cm³/mol. The van der Waals surface area contributed by atoms with Crippen LogP contribution in [0, 0.1) is 5.82 Å². The van der Waals surface area contributed by atoms with Gasteiger partial charge in [0.1, 0.15) is 0 Å². The number of hydrogen-bond donors (Lipinski definition) is 2. The standard InChI is InChI=1S/C19H17FN4O3/c1-11(12-3-4-17(27-2)14(20)9-12)23-19-22-8-6-15(24-19)16-10-13(18(25)26)5-7-21-16/h3-11H,1-2H3,(H,25,26)(H,22,23,24). The van der Waals surface area contributed by atoms with Crippen LogP contribution in [0.4, 0.5) is 10.3 Å². The molecule has 3 aromatic rings. The molecule has 0 spiro atoms. The number of carbonyl (C=O) groups is 1. The first kappa shape index (κ1) is 18.2. The summed E-state index contributed by atoms with van der Waals surface area (Å²) in [4.78, 5) is 23.8. The van der Waals surface area contributed by atoms with Crippen molar-refractivity contribution >= 4 is 11.9 Å². The number of carboxylic acids is 1. The molecule has 1 atom stereocenters. The molecule has 0 saturated heterocycles. The van der Waals surface area contributed by atoms with Gasteiger partial charge in [-0.1, -0.05) is 6.07 Å². The molecular weight excluding hydrogens is 351 g/mol. The summed E-state index contributed by atoms with van der Waals surface area (Å²) >= 11 is 0. The summed E-state index contributed by atoms with van der Waals surface area (Å²) in [5.41, 5.74) is 1.72. The minimum absolute atomic E-state index is 0.121. The zero-order chi connectivity index (χ0) is 19.4. The molecular formula is C19H17FN4O3. The molecule has 0 radical (unpaired) electrons. The molecule has 7 nitrogen and oxygen atoms in total. The Hall–Kier alpha value is -3.55. The van der Waals surface area contributed by atoms with E-state index in [1.165, 1.54) is 31.5 Å². The van der Waals surface area contributed by atoms with Gasteiger partial charge in [0, 0.05) is 12.4 Å². The Morgan fingerprint density at radius 1 is 1.15 bits per heavy atom. The fourth-order valence-corrected chi connectivity index (χ4v) is 2.50. The second kappa shape index (κ2) is 7.77. The maximum atomic E-state index is 13.9. The van der Waals surface area contributed by atoms with Gasteiger partial charge in [-0.05, 0) is 42.8 Å². The van der Waals surface area contributed by atoms with Gasteiger partial charge in [-0.25, -0.2) is 19.2 Å². The van der Waals surface area contributed by atoms with Crippen LogP contribution in [-0.2, 0) is 0 Å². The third-order valence-corrected chi connectivity index (χ3v) is 3.95. The molecule has 0 saturated carbocycles. The van der Waals surface area contributed by atoms with E-state index < -0.39 is 11.8 Å². The largest absolute Gasteiger partial charge is 0.494 e. The van der Waals surface area contributed by atoms with Crippen LogP contribution in [0.5, 0.6) is 5.75 Å². The van der Waals surface area contributed by atoms with E-state index in [-0.39, 0.29) is 17.4 Å². The lowest BCUT2D eigenvalue weighted by molar-refractivity contribution is 0.0697. The number of pyridine rings is 1. The minimum Gasteiger partial charge on any atom is -0.494 e. The van der Waals surface area contributed by atoms with Crippen LogP contribution in [0.2, 0.25) is 0 Å². The summed E-state index contributed by atoms with van der Waals surface area (Å²) in [6.45, 7) is 1.85. The zero-order valence-electron chi connectivity index (χ0n) is 14.7. The summed E-state index contributed by atoms with van der Waals surface area (Å²) < 4.78 is 18.8. The highest BCUT2D eigenvalue weighted by Crippen LogP contribution is 2.24. The Morgan fingerprint density at radius 2 is 1.93 bits per heavy atom. The highest BCUT2D eigenvalue weighted by atomic mass is 19.1. The molecule has 2 N–H and O–H groups in total. The maximum Gasteiger partial charge on any atom is 0.335 e. The van der Waals surface area contributed by atoms with E-state index in [1.807, 2.05) is 6.92 Å². The highest BCUT2D eigenvalue weighted by Gasteiger charge is 2.12. The van der Waals surface area contributed by atoms with Crippen molar-refractivity contribution in [2.45, 2.75) is 13.0 Å². The number of rotatable bonds is 6. The van der Waals surface area contributed by atoms with Crippen molar-refractivity contribution in [1.29, 1.82) is 0 Å². The molecule has 1 aromatic carbocycles. The second-order valence-electron chi connectivity index (χ2n) is 5.76. The number of nitrogens with one attached hydrogen (secondary N) is 1. The Morgan fingerprint density at radius 3 is 2.63 bits per heavy atom. The number of methoxy groups -OCH3 is 1. The molecule has 0 fully saturated rings. The smallest absolute Gasteiger partial charge is 0.335 e. The number of halogens is 1. The number of aromatic carboxylic acids is 1. The Balaban J connectivity index is 1.82.